The molecule has 1 aliphatic rings. The maximum Gasteiger partial charge on any atom is 0.251 e. The van der Waals surface area contributed by atoms with Crippen molar-refractivity contribution in [1.82, 2.24) is 9.55 Å². The highest BCUT2D eigenvalue weighted by Gasteiger charge is 2.21. The zero-order valence-electron chi connectivity index (χ0n) is 7.90. The summed E-state index contributed by atoms with van der Waals surface area (Å²) in [6.07, 6.45) is 1.81. The Bertz CT molecular complexity index is 571. The standard InChI is InChI=1S/C11H10N2O/c1-7-6-13-10(14)3-2-9-11(13)8(7)4-5-12-9/h2-5,7H,6H2,1H3. The molecular formula is C11H10N2O. The summed E-state index contributed by atoms with van der Waals surface area (Å²) in [6, 6.07) is 5.41. The molecular weight excluding hydrogens is 176 g/mol. The van der Waals surface area contributed by atoms with Crippen molar-refractivity contribution in [2.45, 2.75) is 19.4 Å². The molecule has 0 aromatic carbocycles. The molecule has 0 saturated carbocycles. The van der Waals surface area contributed by atoms with Crippen LogP contribution in [0.4, 0.5) is 0 Å². The molecule has 0 N–H and O–H groups in total. The van der Waals surface area contributed by atoms with Crippen LogP contribution in [0.25, 0.3) is 11.0 Å². The highest BCUT2D eigenvalue weighted by atomic mass is 16.1. The first-order valence-corrected chi connectivity index (χ1v) is 4.76. The summed E-state index contributed by atoms with van der Waals surface area (Å²) in [6.45, 7) is 2.93. The predicted octanol–water partition coefficient (Wildman–Crippen LogP) is 1.51. The van der Waals surface area contributed by atoms with Crippen molar-refractivity contribution >= 4 is 11.0 Å². The van der Waals surface area contributed by atoms with Crippen LogP contribution in [0.5, 0.6) is 0 Å². The first-order valence-electron chi connectivity index (χ1n) is 4.76. The molecule has 14 heavy (non-hydrogen) atoms. The Balaban J connectivity index is 2.58. The fraction of sp³-hybridized carbons (Fsp3) is 0.273. The molecule has 1 atom stereocenters. The minimum absolute atomic E-state index is 0.0797. The number of hydrogen-bond donors (Lipinski definition) is 0. The Morgan fingerprint density at radius 3 is 3.14 bits per heavy atom. The van der Waals surface area contributed by atoms with E-state index in [1.54, 1.807) is 12.1 Å². The molecule has 3 nitrogen and oxygen atoms in total. The normalized spacial score (nSPS) is 19.1. The highest BCUT2D eigenvalue weighted by molar-refractivity contribution is 5.80. The molecule has 1 aliphatic heterocycles. The third-order valence-corrected chi connectivity index (χ3v) is 2.89. The van der Waals surface area contributed by atoms with Crippen LogP contribution in [0.1, 0.15) is 18.4 Å². The quantitative estimate of drug-likeness (QED) is 0.625. The van der Waals surface area contributed by atoms with Crippen LogP contribution < -0.4 is 5.56 Å². The summed E-state index contributed by atoms with van der Waals surface area (Å²) in [7, 11) is 0. The van der Waals surface area contributed by atoms with E-state index in [9.17, 15) is 4.79 Å². The van der Waals surface area contributed by atoms with Gasteiger partial charge in [0.05, 0.1) is 11.0 Å². The van der Waals surface area contributed by atoms with E-state index < -0.39 is 0 Å². The molecule has 3 rings (SSSR count). The van der Waals surface area contributed by atoms with Gasteiger partial charge in [-0.3, -0.25) is 9.78 Å². The van der Waals surface area contributed by atoms with Gasteiger partial charge in [-0.2, -0.15) is 0 Å². The average molecular weight is 186 g/mol. The Morgan fingerprint density at radius 2 is 2.29 bits per heavy atom. The lowest BCUT2D eigenvalue weighted by Gasteiger charge is -2.00. The lowest BCUT2D eigenvalue weighted by atomic mass is 10.0. The maximum absolute atomic E-state index is 11.6. The van der Waals surface area contributed by atoms with Crippen molar-refractivity contribution in [1.29, 1.82) is 0 Å². The topological polar surface area (TPSA) is 34.9 Å². The Hall–Kier alpha value is -1.64. The highest BCUT2D eigenvalue weighted by Crippen LogP contribution is 2.30. The van der Waals surface area contributed by atoms with E-state index in [1.165, 1.54) is 5.56 Å². The van der Waals surface area contributed by atoms with Crippen molar-refractivity contribution in [3.8, 4) is 0 Å². The summed E-state index contributed by atoms with van der Waals surface area (Å²) < 4.78 is 1.82. The lowest BCUT2D eigenvalue weighted by molar-refractivity contribution is 0.643. The van der Waals surface area contributed by atoms with Gasteiger partial charge in [0, 0.05) is 24.7 Å². The van der Waals surface area contributed by atoms with Gasteiger partial charge >= 0.3 is 0 Å². The molecule has 2 aromatic heterocycles. The van der Waals surface area contributed by atoms with Gasteiger partial charge in [-0.1, -0.05) is 6.92 Å². The minimum Gasteiger partial charge on any atom is -0.306 e. The average Bonchev–Trinajstić information content (AvgIpc) is 2.53. The molecule has 2 aromatic rings. The summed E-state index contributed by atoms with van der Waals surface area (Å²) in [5.74, 6) is 0.426. The lowest BCUT2D eigenvalue weighted by Crippen LogP contribution is -2.16. The van der Waals surface area contributed by atoms with Crippen LogP contribution in [0.15, 0.2) is 29.2 Å². The molecule has 3 heterocycles. The van der Waals surface area contributed by atoms with Gasteiger partial charge in [-0.25, -0.2) is 0 Å². The monoisotopic (exact) mass is 186 g/mol. The van der Waals surface area contributed by atoms with E-state index in [-0.39, 0.29) is 5.56 Å². The van der Waals surface area contributed by atoms with Crippen molar-refractivity contribution in [2.75, 3.05) is 0 Å². The molecule has 0 radical (unpaired) electrons. The fourth-order valence-electron chi connectivity index (χ4n) is 2.20. The van der Waals surface area contributed by atoms with Gasteiger partial charge in [0.2, 0.25) is 0 Å². The van der Waals surface area contributed by atoms with Gasteiger partial charge in [-0.15, -0.1) is 0 Å². The number of hydrogen-bond acceptors (Lipinski definition) is 2. The zero-order chi connectivity index (χ0) is 9.71. The number of rotatable bonds is 0. The van der Waals surface area contributed by atoms with E-state index in [0.29, 0.717) is 5.92 Å². The van der Waals surface area contributed by atoms with Crippen molar-refractivity contribution < 1.29 is 0 Å². The number of nitrogens with zero attached hydrogens (tertiary/aromatic N) is 2. The predicted molar refractivity (Wildman–Crippen MR) is 54.4 cm³/mol. The molecule has 0 aliphatic carbocycles. The van der Waals surface area contributed by atoms with Gasteiger partial charge in [0.1, 0.15) is 0 Å². The number of pyridine rings is 2. The van der Waals surface area contributed by atoms with Crippen molar-refractivity contribution in [2.24, 2.45) is 0 Å². The SMILES string of the molecule is CC1Cn2c(=O)ccc3nccc1c32. The van der Waals surface area contributed by atoms with Crippen molar-refractivity contribution in [3.05, 3.63) is 40.3 Å². The van der Waals surface area contributed by atoms with Crippen LogP contribution >= 0.6 is 0 Å². The molecule has 70 valence electrons. The second-order valence-electron chi connectivity index (χ2n) is 3.82. The molecule has 1 unspecified atom stereocenters. The smallest absolute Gasteiger partial charge is 0.251 e. The van der Waals surface area contributed by atoms with Gasteiger partial charge in [0.25, 0.3) is 5.56 Å². The zero-order valence-corrected chi connectivity index (χ0v) is 7.90. The second kappa shape index (κ2) is 2.44. The Kier molecular flexibility index (Phi) is 1.35. The molecule has 0 spiro atoms. The van der Waals surface area contributed by atoms with Crippen molar-refractivity contribution in [3.63, 3.8) is 0 Å². The first-order chi connectivity index (χ1) is 6.77. The van der Waals surface area contributed by atoms with Crippen LogP contribution in [0.2, 0.25) is 0 Å². The third kappa shape index (κ3) is 0.816. The summed E-state index contributed by atoms with van der Waals surface area (Å²) >= 11 is 0. The Labute approximate surface area is 81.0 Å². The number of aromatic nitrogens is 2. The largest absolute Gasteiger partial charge is 0.306 e. The maximum atomic E-state index is 11.6. The van der Waals surface area contributed by atoms with Gasteiger partial charge < -0.3 is 4.57 Å². The first kappa shape index (κ1) is 7.74. The fourth-order valence-corrected chi connectivity index (χ4v) is 2.20. The second-order valence-corrected chi connectivity index (χ2v) is 3.82. The van der Waals surface area contributed by atoms with Crippen LogP contribution in [-0.4, -0.2) is 9.55 Å². The minimum atomic E-state index is 0.0797. The van der Waals surface area contributed by atoms with E-state index in [2.05, 4.69) is 11.9 Å². The summed E-state index contributed by atoms with van der Waals surface area (Å²) in [5, 5.41) is 0. The molecule has 3 heteroatoms. The van der Waals surface area contributed by atoms with E-state index in [0.717, 1.165) is 17.6 Å². The van der Waals surface area contributed by atoms with Crippen LogP contribution in [-0.2, 0) is 6.54 Å². The molecule has 0 bridgehead atoms. The van der Waals surface area contributed by atoms with Gasteiger partial charge in [-0.05, 0) is 17.7 Å². The van der Waals surface area contributed by atoms with E-state index in [1.807, 2.05) is 16.8 Å². The van der Waals surface area contributed by atoms with Crippen LogP contribution in [0.3, 0.4) is 0 Å². The van der Waals surface area contributed by atoms with E-state index >= 15 is 0 Å². The third-order valence-electron chi connectivity index (χ3n) is 2.89. The molecule has 0 fully saturated rings. The molecule has 0 amide bonds. The van der Waals surface area contributed by atoms with E-state index in [4.69, 9.17) is 0 Å². The summed E-state index contributed by atoms with van der Waals surface area (Å²) in [4.78, 5) is 15.8. The Morgan fingerprint density at radius 1 is 1.43 bits per heavy atom. The summed E-state index contributed by atoms with van der Waals surface area (Å²) in [5.41, 5.74) is 3.27. The van der Waals surface area contributed by atoms with Crippen LogP contribution in [0, 0.1) is 0 Å². The van der Waals surface area contributed by atoms with Gasteiger partial charge in [0.15, 0.2) is 0 Å². The molecule has 0 saturated heterocycles.